The summed E-state index contributed by atoms with van der Waals surface area (Å²) in [6.45, 7) is 1.58. The molecular formula is C20H22F3N2O+. The van der Waals surface area contributed by atoms with Crippen LogP contribution in [0.2, 0.25) is 0 Å². The molecule has 0 saturated heterocycles. The number of aromatic nitrogens is 1. The fourth-order valence-corrected chi connectivity index (χ4v) is 3.05. The molecule has 26 heavy (non-hydrogen) atoms. The van der Waals surface area contributed by atoms with Crippen molar-refractivity contribution in [1.29, 1.82) is 0 Å². The minimum absolute atomic E-state index is 0.292. The first kappa shape index (κ1) is 18.5. The number of hydrogen-bond donors (Lipinski definition) is 1. The summed E-state index contributed by atoms with van der Waals surface area (Å²) in [5.74, 6) is 0.873. The van der Waals surface area contributed by atoms with Gasteiger partial charge in [-0.3, -0.25) is 0 Å². The highest BCUT2D eigenvalue weighted by Crippen LogP contribution is 2.31. The first-order valence-corrected chi connectivity index (χ1v) is 8.64. The summed E-state index contributed by atoms with van der Waals surface area (Å²) in [5, 5.41) is 0. The van der Waals surface area contributed by atoms with Crippen LogP contribution < -0.4 is 15.5 Å². The van der Waals surface area contributed by atoms with Crippen LogP contribution in [0.5, 0.6) is 11.6 Å². The molecule has 3 nitrogen and oxygen atoms in total. The van der Waals surface area contributed by atoms with Gasteiger partial charge in [-0.1, -0.05) is 23.8 Å². The molecule has 0 aliphatic heterocycles. The molecule has 1 aliphatic carbocycles. The van der Waals surface area contributed by atoms with Gasteiger partial charge in [-0.15, -0.1) is 0 Å². The second-order valence-corrected chi connectivity index (χ2v) is 6.71. The molecule has 1 aromatic carbocycles. The number of hydrogen-bond acceptors (Lipinski definition) is 2. The van der Waals surface area contributed by atoms with Crippen LogP contribution in [0.15, 0.2) is 42.1 Å². The number of H-pyrrole nitrogens is 1. The second kappa shape index (κ2) is 7.50. The standard InChI is InChI=1S/C20H21F3N2O/c1-13-9-16(20(21,22)23)12-25-19(13)26-18-4-2-3-15(11-18)10-14-5-7-17(24)8-6-14/h2-4,9-12,17H,5-8,24H2,1H3/p+1. The maximum atomic E-state index is 12.8. The molecule has 2 aromatic rings. The Morgan fingerprint density at radius 1 is 1.19 bits per heavy atom. The van der Waals surface area contributed by atoms with E-state index in [0.29, 0.717) is 23.2 Å². The van der Waals surface area contributed by atoms with Gasteiger partial charge in [0.1, 0.15) is 11.3 Å². The molecule has 3 rings (SSSR count). The second-order valence-electron chi connectivity index (χ2n) is 6.71. The number of alkyl halides is 3. The third-order valence-corrected chi connectivity index (χ3v) is 4.54. The van der Waals surface area contributed by atoms with Gasteiger partial charge in [0.15, 0.2) is 6.20 Å². The van der Waals surface area contributed by atoms with Gasteiger partial charge in [0.2, 0.25) is 0 Å². The number of allylic oxidation sites excluding steroid dienone is 1. The number of rotatable bonds is 3. The zero-order chi connectivity index (χ0) is 18.7. The van der Waals surface area contributed by atoms with E-state index in [0.717, 1.165) is 43.5 Å². The van der Waals surface area contributed by atoms with Gasteiger partial charge in [-0.25, -0.2) is 0 Å². The number of benzene rings is 1. The SMILES string of the molecule is Cc1cc(C(F)(F)F)c[nH+]c1Oc1cccc(C=C2CCC(N)CC2)c1. The smallest absolute Gasteiger partial charge is 0.405 e. The van der Waals surface area contributed by atoms with E-state index in [4.69, 9.17) is 10.5 Å². The Hall–Kier alpha value is -2.34. The monoisotopic (exact) mass is 363 g/mol. The molecule has 0 radical (unpaired) electrons. The highest BCUT2D eigenvalue weighted by molar-refractivity contribution is 5.55. The molecular weight excluding hydrogens is 341 g/mol. The van der Waals surface area contributed by atoms with Gasteiger partial charge < -0.3 is 10.5 Å². The lowest BCUT2D eigenvalue weighted by molar-refractivity contribution is -0.394. The molecule has 1 heterocycles. The van der Waals surface area contributed by atoms with Crippen LogP contribution in [-0.2, 0) is 6.18 Å². The van der Waals surface area contributed by atoms with E-state index in [1.54, 1.807) is 13.0 Å². The number of ether oxygens (including phenoxy) is 1. The van der Waals surface area contributed by atoms with Crippen molar-refractivity contribution in [2.75, 3.05) is 0 Å². The van der Waals surface area contributed by atoms with Gasteiger partial charge in [-0.2, -0.15) is 18.2 Å². The lowest BCUT2D eigenvalue weighted by Gasteiger charge is -2.20. The molecule has 0 atom stereocenters. The van der Waals surface area contributed by atoms with Crippen LogP contribution in [0.1, 0.15) is 42.4 Å². The van der Waals surface area contributed by atoms with Crippen LogP contribution in [-0.4, -0.2) is 6.04 Å². The minimum atomic E-state index is -4.38. The number of pyridine rings is 1. The van der Waals surface area contributed by atoms with Crippen molar-refractivity contribution < 1.29 is 22.9 Å². The molecule has 3 N–H and O–H groups in total. The molecule has 1 saturated carbocycles. The summed E-state index contributed by atoms with van der Waals surface area (Å²) in [6, 6.07) is 8.88. The Morgan fingerprint density at radius 3 is 2.58 bits per heavy atom. The van der Waals surface area contributed by atoms with Crippen LogP contribution in [0.25, 0.3) is 6.08 Å². The topological polar surface area (TPSA) is 49.4 Å². The Kier molecular flexibility index (Phi) is 5.32. The lowest BCUT2D eigenvalue weighted by atomic mass is 9.90. The number of halogens is 3. The molecule has 138 valence electrons. The number of aromatic amines is 1. The molecule has 0 unspecified atom stereocenters. The first-order chi connectivity index (χ1) is 12.3. The van der Waals surface area contributed by atoms with E-state index in [1.165, 1.54) is 5.57 Å². The van der Waals surface area contributed by atoms with E-state index in [-0.39, 0.29) is 0 Å². The van der Waals surface area contributed by atoms with Crippen molar-refractivity contribution in [1.82, 2.24) is 0 Å². The van der Waals surface area contributed by atoms with Crippen molar-refractivity contribution in [2.24, 2.45) is 5.73 Å². The third-order valence-electron chi connectivity index (χ3n) is 4.54. The van der Waals surface area contributed by atoms with Crippen LogP contribution in [0.3, 0.4) is 0 Å². The van der Waals surface area contributed by atoms with E-state index >= 15 is 0 Å². The van der Waals surface area contributed by atoms with E-state index < -0.39 is 11.7 Å². The van der Waals surface area contributed by atoms with Crippen LogP contribution in [0, 0.1) is 6.92 Å². The Morgan fingerprint density at radius 2 is 1.92 bits per heavy atom. The van der Waals surface area contributed by atoms with Gasteiger partial charge >= 0.3 is 12.1 Å². The van der Waals surface area contributed by atoms with Crippen LogP contribution >= 0.6 is 0 Å². The molecule has 1 aromatic heterocycles. The highest BCUT2D eigenvalue weighted by Gasteiger charge is 2.33. The summed E-state index contributed by atoms with van der Waals surface area (Å²) in [4.78, 5) is 2.59. The summed E-state index contributed by atoms with van der Waals surface area (Å²) < 4.78 is 44.0. The highest BCUT2D eigenvalue weighted by atomic mass is 19.4. The number of nitrogens with one attached hydrogen (secondary N) is 1. The fourth-order valence-electron chi connectivity index (χ4n) is 3.05. The number of nitrogens with two attached hydrogens (primary N) is 1. The molecule has 6 heteroatoms. The van der Waals surface area contributed by atoms with Gasteiger partial charge in [0, 0.05) is 6.04 Å². The normalized spacial score (nSPS) is 17.9. The van der Waals surface area contributed by atoms with E-state index in [1.807, 2.05) is 18.2 Å². The van der Waals surface area contributed by atoms with Gasteiger partial charge in [0.05, 0.1) is 5.56 Å². The lowest BCUT2D eigenvalue weighted by Crippen LogP contribution is -2.23. The Balaban J connectivity index is 1.76. The molecule has 0 amide bonds. The molecule has 1 aliphatic rings. The van der Waals surface area contributed by atoms with Crippen molar-refractivity contribution in [2.45, 2.75) is 44.8 Å². The average molecular weight is 363 g/mol. The molecule has 0 spiro atoms. The zero-order valence-corrected chi connectivity index (χ0v) is 14.6. The average Bonchev–Trinajstić information content (AvgIpc) is 2.58. The van der Waals surface area contributed by atoms with Gasteiger partial charge in [0.25, 0.3) is 0 Å². The summed E-state index contributed by atoms with van der Waals surface area (Å²) in [7, 11) is 0. The predicted molar refractivity (Wildman–Crippen MR) is 93.7 cm³/mol. The minimum Gasteiger partial charge on any atom is -0.405 e. The fraction of sp³-hybridized carbons (Fsp3) is 0.350. The number of aryl methyl sites for hydroxylation is 1. The predicted octanol–water partition coefficient (Wildman–Crippen LogP) is 4.90. The zero-order valence-electron chi connectivity index (χ0n) is 14.6. The maximum absolute atomic E-state index is 12.8. The summed E-state index contributed by atoms with van der Waals surface area (Å²) in [5.41, 5.74) is 7.97. The summed E-state index contributed by atoms with van der Waals surface area (Å²) in [6.07, 6.45) is 2.68. The van der Waals surface area contributed by atoms with Crippen molar-refractivity contribution in [3.05, 3.63) is 58.8 Å². The Labute approximate surface area is 150 Å². The van der Waals surface area contributed by atoms with Crippen LogP contribution in [0.4, 0.5) is 13.2 Å². The van der Waals surface area contributed by atoms with Gasteiger partial charge in [-0.05, 0) is 56.4 Å². The maximum Gasteiger partial charge on any atom is 0.422 e. The quantitative estimate of drug-likeness (QED) is 0.843. The van der Waals surface area contributed by atoms with Crippen molar-refractivity contribution in [3.63, 3.8) is 0 Å². The summed E-state index contributed by atoms with van der Waals surface area (Å²) >= 11 is 0. The third kappa shape index (κ3) is 4.64. The largest absolute Gasteiger partial charge is 0.422 e. The first-order valence-electron chi connectivity index (χ1n) is 8.64. The molecule has 1 fully saturated rings. The molecule has 0 bridgehead atoms. The van der Waals surface area contributed by atoms with Crippen molar-refractivity contribution in [3.8, 4) is 11.6 Å². The Bertz CT molecular complexity index is 805. The van der Waals surface area contributed by atoms with Crippen molar-refractivity contribution >= 4 is 6.08 Å². The van der Waals surface area contributed by atoms with E-state index in [2.05, 4.69) is 11.1 Å². The van der Waals surface area contributed by atoms with E-state index in [9.17, 15) is 13.2 Å².